The molecule has 0 radical (unpaired) electrons. The molecule has 7 nitrogen and oxygen atoms in total. The number of urea groups is 1. The van der Waals surface area contributed by atoms with E-state index in [1.165, 1.54) is 0 Å². The van der Waals surface area contributed by atoms with Crippen LogP contribution in [0.15, 0.2) is 28.7 Å². The fraction of sp³-hybridized carbons (Fsp3) is 0.389. The van der Waals surface area contributed by atoms with Crippen LogP contribution in [-0.2, 0) is 12.7 Å². The molecule has 0 atom stereocenters. The molecule has 28 heavy (non-hydrogen) atoms. The number of nitrogens with zero attached hydrogens (tertiary/aromatic N) is 2. The third kappa shape index (κ3) is 4.62. The van der Waals surface area contributed by atoms with Crippen LogP contribution in [0.25, 0.3) is 0 Å². The molecule has 1 aliphatic rings. The molecular formula is C18H19F3N4O3. The van der Waals surface area contributed by atoms with Crippen molar-refractivity contribution in [1.82, 2.24) is 15.2 Å². The molecule has 2 N–H and O–H groups in total. The number of halogens is 3. The first kappa shape index (κ1) is 19.7. The number of oxazole rings is 1. The molecule has 2 aromatic rings. The number of likely N-dealkylation sites (tertiary alicyclic amines) is 1. The Morgan fingerprint density at radius 2 is 1.82 bits per heavy atom. The van der Waals surface area contributed by atoms with Gasteiger partial charge in [0.2, 0.25) is 5.89 Å². The number of alkyl halides is 3. The zero-order chi connectivity index (χ0) is 20.3. The minimum absolute atomic E-state index is 0.0689. The molecule has 0 bridgehead atoms. The van der Waals surface area contributed by atoms with Crippen molar-refractivity contribution < 1.29 is 27.2 Å². The molecule has 1 aromatic carbocycles. The molecule has 0 aliphatic carbocycles. The SMILES string of the molecule is Cc1oc(CNC(=O)Nc2ccc(C(F)(F)F)cc2)nc1C(=O)N1CCCC1. The number of hydrogen-bond donors (Lipinski definition) is 2. The summed E-state index contributed by atoms with van der Waals surface area (Å²) in [5.41, 5.74) is -0.371. The molecule has 150 valence electrons. The quantitative estimate of drug-likeness (QED) is 0.827. The van der Waals surface area contributed by atoms with Crippen LogP contribution < -0.4 is 10.6 Å². The Hall–Kier alpha value is -3.04. The van der Waals surface area contributed by atoms with E-state index in [1.807, 2.05) is 0 Å². The number of carbonyl (C=O) groups excluding carboxylic acids is 2. The predicted molar refractivity (Wildman–Crippen MR) is 93.7 cm³/mol. The van der Waals surface area contributed by atoms with E-state index < -0.39 is 17.8 Å². The summed E-state index contributed by atoms with van der Waals surface area (Å²) in [6.07, 6.45) is -2.52. The Morgan fingerprint density at radius 3 is 2.43 bits per heavy atom. The summed E-state index contributed by atoms with van der Waals surface area (Å²) in [5, 5.41) is 4.91. The van der Waals surface area contributed by atoms with Gasteiger partial charge in [-0.2, -0.15) is 13.2 Å². The Bertz CT molecular complexity index is 856. The van der Waals surface area contributed by atoms with Crippen molar-refractivity contribution in [3.63, 3.8) is 0 Å². The van der Waals surface area contributed by atoms with Crippen LogP contribution in [0.4, 0.5) is 23.7 Å². The zero-order valence-electron chi connectivity index (χ0n) is 15.1. The standard InChI is InChI=1S/C18H19F3N4O3/c1-11-15(16(26)25-8-2-3-9-25)24-14(28-11)10-22-17(27)23-13-6-4-12(5-7-13)18(19,20)21/h4-7H,2-3,8-10H2,1H3,(H2,22,23,27). The lowest BCUT2D eigenvalue weighted by atomic mass is 10.2. The monoisotopic (exact) mass is 396 g/mol. The van der Waals surface area contributed by atoms with Crippen molar-refractivity contribution in [1.29, 1.82) is 0 Å². The average Bonchev–Trinajstić information content (AvgIpc) is 3.29. The Balaban J connectivity index is 1.54. The molecule has 1 saturated heterocycles. The summed E-state index contributed by atoms with van der Waals surface area (Å²) in [5.74, 6) is 0.346. The fourth-order valence-corrected chi connectivity index (χ4v) is 2.87. The maximum atomic E-state index is 12.5. The summed E-state index contributed by atoms with van der Waals surface area (Å²) in [6.45, 7) is 2.94. The molecule has 1 aliphatic heterocycles. The third-order valence-electron chi connectivity index (χ3n) is 4.31. The van der Waals surface area contributed by atoms with Crippen LogP contribution in [0.5, 0.6) is 0 Å². The number of hydrogen-bond acceptors (Lipinski definition) is 4. The number of carbonyl (C=O) groups is 2. The van der Waals surface area contributed by atoms with Crippen molar-refractivity contribution in [2.24, 2.45) is 0 Å². The third-order valence-corrected chi connectivity index (χ3v) is 4.31. The van der Waals surface area contributed by atoms with Gasteiger partial charge in [-0.05, 0) is 44.0 Å². The van der Waals surface area contributed by atoms with Gasteiger partial charge in [-0.25, -0.2) is 9.78 Å². The van der Waals surface area contributed by atoms with E-state index in [2.05, 4.69) is 15.6 Å². The molecule has 3 rings (SSSR count). The normalized spacial score (nSPS) is 14.2. The highest BCUT2D eigenvalue weighted by Gasteiger charge is 2.30. The van der Waals surface area contributed by atoms with E-state index in [0.29, 0.717) is 18.8 Å². The largest absolute Gasteiger partial charge is 0.443 e. The molecule has 3 amide bonds. The van der Waals surface area contributed by atoms with E-state index in [-0.39, 0.29) is 29.7 Å². The second-order valence-corrected chi connectivity index (χ2v) is 6.39. The lowest BCUT2D eigenvalue weighted by molar-refractivity contribution is -0.137. The van der Waals surface area contributed by atoms with Crippen LogP contribution >= 0.6 is 0 Å². The van der Waals surface area contributed by atoms with Gasteiger partial charge < -0.3 is 20.0 Å². The van der Waals surface area contributed by atoms with Crippen molar-refractivity contribution >= 4 is 17.6 Å². The first-order valence-corrected chi connectivity index (χ1v) is 8.72. The number of anilines is 1. The molecule has 1 aromatic heterocycles. The Kier molecular flexibility index (Phi) is 5.57. The summed E-state index contributed by atoms with van der Waals surface area (Å²) in [6, 6.07) is 3.43. The smallest absolute Gasteiger partial charge is 0.416 e. The highest BCUT2D eigenvalue weighted by atomic mass is 19.4. The minimum Gasteiger partial charge on any atom is -0.443 e. The second kappa shape index (κ2) is 7.91. The zero-order valence-corrected chi connectivity index (χ0v) is 15.1. The molecular weight excluding hydrogens is 377 g/mol. The maximum absolute atomic E-state index is 12.5. The van der Waals surface area contributed by atoms with Gasteiger partial charge in [0.1, 0.15) is 5.76 Å². The van der Waals surface area contributed by atoms with Crippen LogP contribution in [-0.4, -0.2) is 34.9 Å². The van der Waals surface area contributed by atoms with Crippen LogP contribution in [0.3, 0.4) is 0 Å². The molecule has 10 heteroatoms. The van der Waals surface area contributed by atoms with E-state index in [9.17, 15) is 22.8 Å². The number of aryl methyl sites for hydroxylation is 1. The molecule has 1 fully saturated rings. The minimum atomic E-state index is -4.44. The first-order valence-electron chi connectivity index (χ1n) is 8.72. The van der Waals surface area contributed by atoms with Crippen LogP contribution in [0, 0.1) is 6.92 Å². The maximum Gasteiger partial charge on any atom is 0.416 e. The van der Waals surface area contributed by atoms with Gasteiger partial charge in [-0.15, -0.1) is 0 Å². The van der Waals surface area contributed by atoms with Gasteiger partial charge in [0.05, 0.1) is 12.1 Å². The second-order valence-electron chi connectivity index (χ2n) is 6.39. The topological polar surface area (TPSA) is 87.5 Å². The average molecular weight is 396 g/mol. The van der Waals surface area contributed by atoms with Crippen LogP contribution in [0.1, 0.15) is 40.5 Å². The number of rotatable bonds is 4. The lowest BCUT2D eigenvalue weighted by Gasteiger charge is -2.13. The highest BCUT2D eigenvalue weighted by molar-refractivity contribution is 5.93. The van der Waals surface area contributed by atoms with Gasteiger partial charge in [-0.3, -0.25) is 4.79 Å². The number of benzene rings is 1. The predicted octanol–water partition coefficient (Wildman–Crippen LogP) is 3.56. The Labute approximate surface area is 158 Å². The van der Waals surface area contributed by atoms with Crippen LogP contribution in [0.2, 0.25) is 0 Å². The summed E-state index contributed by atoms with van der Waals surface area (Å²) >= 11 is 0. The van der Waals surface area contributed by atoms with Gasteiger partial charge in [0.25, 0.3) is 5.91 Å². The summed E-state index contributed by atoms with van der Waals surface area (Å²) in [4.78, 5) is 30.1. The van der Waals surface area contributed by atoms with Gasteiger partial charge in [-0.1, -0.05) is 0 Å². The Morgan fingerprint density at radius 1 is 1.18 bits per heavy atom. The van der Waals surface area contributed by atoms with E-state index in [1.54, 1.807) is 11.8 Å². The fourth-order valence-electron chi connectivity index (χ4n) is 2.87. The van der Waals surface area contributed by atoms with Crippen molar-refractivity contribution in [3.05, 3.63) is 47.2 Å². The van der Waals surface area contributed by atoms with Crippen molar-refractivity contribution in [2.75, 3.05) is 18.4 Å². The number of aromatic nitrogens is 1. The molecule has 0 saturated carbocycles. The number of amides is 3. The lowest BCUT2D eigenvalue weighted by Crippen LogP contribution is -2.29. The number of nitrogens with one attached hydrogen (secondary N) is 2. The molecule has 2 heterocycles. The van der Waals surface area contributed by atoms with Gasteiger partial charge in [0.15, 0.2) is 5.69 Å². The molecule has 0 spiro atoms. The van der Waals surface area contributed by atoms with Crippen molar-refractivity contribution in [2.45, 2.75) is 32.5 Å². The van der Waals surface area contributed by atoms with E-state index in [4.69, 9.17) is 4.42 Å². The summed E-state index contributed by atoms with van der Waals surface area (Å²) < 4.78 is 43.0. The first-order chi connectivity index (χ1) is 13.2. The van der Waals surface area contributed by atoms with Gasteiger partial charge >= 0.3 is 12.2 Å². The van der Waals surface area contributed by atoms with E-state index in [0.717, 1.165) is 37.1 Å². The van der Waals surface area contributed by atoms with Crippen molar-refractivity contribution in [3.8, 4) is 0 Å². The molecule has 0 unspecified atom stereocenters. The van der Waals surface area contributed by atoms with E-state index >= 15 is 0 Å². The summed E-state index contributed by atoms with van der Waals surface area (Å²) in [7, 11) is 0. The van der Waals surface area contributed by atoms with Gasteiger partial charge in [0, 0.05) is 18.8 Å². The highest BCUT2D eigenvalue weighted by Crippen LogP contribution is 2.29.